The summed E-state index contributed by atoms with van der Waals surface area (Å²) in [4.78, 5) is 35.0. The van der Waals surface area contributed by atoms with E-state index in [-0.39, 0.29) is 17.9 Å². The first-order chi connectivity index (χ1) is 19.5. The molecule has 6 rings (SSSR count). The molecule has 1 N–H and O–H groups in total. The van der Waals surface area contributed by atoms with Gasteiger partial charge in [-0.2, -0.15) is 4.80 Å². The minimum Gasteiger partial charge on any atom is -0.335 e. The third kappa shape index (κ3) is 5.48. The van der Waals surface area contributed by atoms with Gasteiger partial charge in [0.2, 0.25) is 5.91 Å². The molecule has 0 bridgehead atoms. The Hall–Kier alpha value is -4.44. The number of aromatic nitrogens is 5. The molecule has 1 aliphatic carbocycles. The predicted octanol–water partition coefficient (Wildman–Crippen LogP) is 3.38. The first-order valence-electron chi connectivity index (χ1n) is 13.6. The average Bonchev–Trinajstić information content (AvgIpc) is 3.67. The Bertz CT molecular complexity index is 1510. The number of nitrogens with one attached hydrogen (secondary N) is 1. The van der Waals surface area contributed by atoms with Crippen LogP contribution in [0.1, 0.15) is 64.2 Å². The summed E-state index contributed by atoms with van der Waals surface area (Å²) in [7, 11) is 1.77. The minimum absolute atomic E-state index is 0.0414. The van der Waals surface area contributed by atoms with E-state index in [0.717, 1.165) is 23.2 Å². The van der Waals surface area contributed by atoms with E-state index in [1.807, 2.05) is 53.4 Å². The van der Waals surface area contributed by atoms with E-state index in [1.165, 1.54) is 17.3 Å². The van der Waals surface area contributed by atoms with Crippen LogP contribution in [0.2, 0.25) is 0 Å². The van der Waals surface area contributed by atoms with E-state index in [0.29, 0.717) is 49.5 Å². The molecule has 4 aromatic rings. The van der Waals surface area contributed by atoms with Gasteiger partial charge in [0.1, 0.15) is 5.69 Å². The summed E-state index contributed by atoms with van der Waals surface area (Å²) in [6, 6.07) is 22.0. The molecule has 1 saturated carbocycles. The summed E-state index contributed by atoms with van der Waals surface area (Å²) in [5.41, 5.74) is 4.72. The largest absolute Gasteiger partial charge is 0.335 e. The highest BCUT2D eigenvalue weighted by molar-refractivity contribution is 5.92. The van der Waals surface area contributed by atoms with Crippen molar-refractivity contribution >= 4 is 17.5 Å². The van der Waals surface area contributed by atoms with Gasteiger partial charge in [-0.1, -0.05) is 42.5 Å². The van der Waals surface area contributed by atoms with Gasteiger partial charge < -0.3 is 10.2 Å². The lowest BCUT2D eigenvalue weighted by atomic mass is 10.0. The number of carbonyl (C=O) groups excluding carboxylic acids is 2. The second-order valence-corrected chi connectivity index (χ2v) is 10.5. The lowest BCUT2D eigenvalue weighted by Gasteiger charge is -2.38. The second kappa shape index (κ2) is 11.0. The third-order valence-electron chi connectivity index (χ3n) is 7.71. The van der Waals surface area contributed by atoms with Crippen molar-refractivity contribution in [2.24, 2.45) is 7.05 Å². The Balaban J connectivity index is 1.12. The molecule has 2 aliphatic rings. The lowest BCUT2D eigenvalue weighted by molar-refractivity contribution is -0.114. The number of aryl methyl sites for hydroxylation is 1. The van der Waals surface area contributed by atoms with E-state index in [4.69, 9.17) is 0 Å². The van der Waals surface area contributed by atoms with Crippen LogP contribution in [0.25, 0.3) is 0 Å². The standard InChI is InChI=1S/C30H32N8O2/c1-20(39)32-24-10-6-9-22(17-24)25-19-26(25)23-11-12-31-27(18-23)30(40)38-15-13-37(14-16-38)28(21-7-4-3-5-8-21)29-33-35-36(2)34-29/h3-12,17-18,25-26,28H,13-16,19H2,1-2H3,(H,32,39). The van der Waals surface area contributed by atoms with Crippen LogP contribution in [0.15, 0.2) is 72.9 Å². The van der Waals surface area contributed by atoms with Crippen molar-refractivity contribution in [3.8, 4) is 0 Å². The highest BCUT2D eigenvalue weighted by atomic mass is 16.2. The molecular weight excluding hydrogens is 504 g/mol. The van der Waals surface area contributed by atoms with Crippen LogP contribution in [0.3, 0.4) is 0 Å². The number of piperazine rings is 1. The van der Waals surface area contributed by atoms with Gasteiger partial charge in [0.15, 0.2) is 5.82 Å². The van der Waals surface area contributed by atoms with E-state index in [1.54, 1.807) is 13.2 Å². The summed E-state index contributed by atoms with van der Waals surface area (Å²) in [6.07, 6.45) is 2.75. The van der Waals surface area contributed by atoms with Gasteiger partial charge in [0.05, 0.1) is 13.1 Å². The summed E-state index contributed by atoms with van der Waals surface area (Å²) < 4.78 is 0. The van der Waals surface area contributed by atoms with Gasteiger partial charge in [-0.25, -0.2) is 0 Å². The Labute approximate surface area is 233 Å². The molecule has 3 atom stereocenters. The molecule has 2 aromatic carbocycles. The van der Waals surface area contributed by atoms with E-state index < -0.39 is 0 Å². The maximum Gasteiger partial charge on any atom is 0.272 e. The lowest BCUT2D eigenvalue weighted by Crippen LogP contribution is -2.50. The van der Waals surface area contributed by atoms with Crippen molar-refractivity contribution in [3.05, 3.63) is 101 Å². The summed E-state index contributed by atoms with van der Waals surface area (Å²) >= 11 is 0. The Morgan fingerprint density at radius 2 is 1.68 bits per heavy atom. The second-order valence-electron chi connectivity index (χ2n) is 10.5. The molecule has 2 amide bonds. The number of pyridine rings is 1. The van der Waals surface area contributed by atoms with Gasteiger partial charge in [-0.15, -0.1) is 10.2 Å². The van der Waals surface area contributed by atoms with Crippen molar-refractivity contribution in [2.75, 3.05) is 31.5 Å². The number of amides is 2. The average molecular weight is 537 g/mol. The number of rotatable bonds is 7. The smallest absolute Gasteiger partial charge is 0.272 e. The molecule has 3 unspecified atom stereocenters. The van der Waals surface area contributed by atoms with Crippen molar-refractivity contribution in [1.29, 1.82) is 0 Å². The number of benzene rings is 2. The number of tetrazole rings is 1. The maximum atomic E-state index is 13.5. The zero-order valence-electron chi connectivity index (χ0n) is 22.6. The van der Waals surface area contributed by atoms with Crippen molar-refractivity contribution in [3.63, 3.8) is 0 Å². The van der Waals surface area contributed by atoms with E-state index >= 15 is 0 Å². The van der Waals surface area contributed by atoms with Crippen LogP contribution in [-0.4, -0.2) is 73.0 Å². The van der Waals surface area contributed by atoms with Gasteiger partial charge in [0.25, 0.3) is 5.91 Å². The van der Waals surface area contributed by atoms with E-state index in [9.17, 15) is 9.59 Å². The molecule has 2 fully saturated rings. The molecule has 204 valence electrons. The van der Waals surface area contributed by atoms with Crippen molar-refractivity contribution in [2.45, 2.75) is 31.2 Å². The SMILES string of the molecule is CC(=O)Nc1cccc(C2CC2c2ccnc(C(=O)N3CCN(C(c4ccccc4)c4nnn(C)n4)CC3)c2)c1. The van der Waals surface area contributed by atoms with Crippen LogP contribution in [0.5, 0.6) is 0 Å². The van der Waals surface area contributed by atoms with E-state index in [2.05, 4.69) is 48.8 Å². The number of carbonyl (C=O) groups is 2. The molecule has 0 spiro atoms. The zero-order valence-corrected chi connectivity index (χ0v) is 22.6. The molecule has 2 aromatic heterocycles. The monoisotopic (exact) mass is 536 g/mol. The molecular formula is C30H32N8O2. The molecule has 1 saturated heterocycles. The molecule has 3 heterocycles. The van der Waals surface area contributed by atoms with Crippen LogP contribution in [-0.2, 0) is 11.8 Å². The van der Waals surface area contributed by atoms with Gasteiger partial charge >= 0.3 is 0 Å². The van der Waals surface area contributed by atoms with Crippen molar-refractivity contribution in [1.82, 2.24) is 35.0 Å². The Morgan fingerprint density at radius 1 is 0.925 bits per heavy atom. The number of anilines is 1. The first-order valence-corrected chi connectivity index (χ1v) is 13.6. The Kier molecular flexibility index (Phi) is 7.08. The fraction of sp³-hybridized carbons (Fsp3) is 0.333. The maximum absolute atomic E-state index is 13.5. The summed E-state index contributed by atoms with van der Waals surface area (Å²) in [5, 5.41) is 15.7. The highest BCUT2D eigenvalue weighted by Gasteiger charge is 2.40. The Morgan fingerprint density at radius 3 is 2.38 bits per heavy atom. The van der Waals surface area contributed by atoms with Crippen LogP contribution < -0.4 is 5.32 Å². The predicted molar refractivity (Wildman–Crippen MR) is 150 cm³/mol. The number of hydrogen-bond acceptors (Lipinski definition) is 7. The van der Waals surface area contributed by atoms with Gasteiger partial charge in [-0.3, -0.25) is 19.5 Å². The van der Waals surface area contributed by atoms with Crippen molar-refractivity contribution < 1.29 is 9.59 Å². The number of nitrogens with zero attached hydrogens (tertiary/aromatic N) is 7. The van der Waals surface area contributed by atoms with Gasteiger partial charge in [-0.05, 0) is 64.4 Å². The topological polar surface area (TPSA) is 109 Å². The van der Waals surface area contributed by atoms with Crippen LogP contribution in [0, 0.1) is 0 Å². The highest BCUT2D eigenvalue weighted by Crippen LogP contribution is 2.54. The molecule has 0 radical (unpaired) electrons. The normalized spacial score (nSPS) is 19.7. The zero-order chi connectivity index (χ0) is 27.6. The van der Waals surface area contributed by atoms with Gasteiger partial charge in [0, 0.05) is 45.0 Å². The quantitative estimate of drug-likeness (QED) is 0.386. The molecule has 40 heavy (non-hydrogen) atoms. The molecule has 10 nitrogen and oxygen atoms in total. The van der Waals surface area contributed by atoms with Crippen LogP contribution >= 0.6 is 0 Å². The molecule has 10 heteroatoms. The number of hydrogen-bond donors (Lipinski definition) is 1. The first kappa shape index (κ1) is 25.8. The third-order valence-corrected chi connectivity index (χ3v) is 7.71. The molecule has 1 aliphatic heterocycles. The summed E-state index contributed by atoms with van der Waals surface area (Å²) in [5.74, 6) is 1.24. The fourth-order valence-corrected chi connectivity index (χ4v) is 5.69. The minimum atomic E-state index is -0.121. The van der Waals surface area contributed by atoms with Crippen LogP contribution in [0.4, 0.5) is 5.69 Å². The summed E-state index contributed by atoms with van der Waals surface area (Å²) in [6.45, 7) is 4.09. The fourth-order valence-electron chi connectivity index (χ4n) is 5.69.